The first-order chi connectivity index (χ1) is 18.2. The van der Waals surface area contributed by atoms with Crippen LogP contribution in [0.2, 0.25) is 0 Å². The SMILES string of the molecule is Cc1cc(-c2nc(-c3ccc(OC(F)(F)F)cc3)no2)nn1Cc1ccnc(N(C)CC2CCOCC2)c1. The second kappa shape index (κ2) is 10.8. The Kier molecular flexibility index (Phi) is 7.32. The minimum absolute atomic E-state index is 0.212. The van der Waals surface area contributed by atoms with E-state index < -0.39 is 6.36 Å². The summed E-state index contributed by atoms with van der Waals surface area (Å²) in [6.07, 6.45) is -0.820. The van der Waals surface area contributed by atoms with Crippen molar-refractivity contribution in [3.8, 4) is 28.7 Å². The maximum Gasteiger partial charge on any atom is 0.573 e. The van der Waals surface area contributed by atoms with Gasteiger partial charge >= 0.3 is 6.36 Å². The van der Waals surface area contributed by atoms with Crippen LogP contribution in [0.15, 0.2) is 53.2 Å². The van der Waals surface area contributed by atoms with Crippen LogP contribution in [-0.2, 0) is 11.3 Å². The number of aromatic nitrogens is 5. The Bertz CT molecular complexity index is 1360. The molecule has 9 nitrogen and oxygen atoms in total. The highest BCUT2D eigenvalue weighted by Crippen LogP contribution is 2.27. The number of benzene rings is 1. The smallest absolute Gasteiger partial charge is 0.406 e. The van der Waals surface area contributed by atoms with E-state index >= 15 is 0 Å². The summed E-state index contributed by atoms with van der Waals surface area (Å²) < 4.78 is 53.8. The van der Waals surface area contributed by atoms with Crippen molar-refractivity contribution < 1.29 is 27.2 Å². The molecule has 12 heteroatoms. The number of aryl methyl sites for hydroxylation is 1. The van der Waals surface area contributed by atoms with Gasteiger partial charge in [0.1, 0.15) is 11.6 Å². The van der Waals surface area contributed by atoms with Crippen LogP contribution in [-0.4, -0.2) is 58.1 Å². The zero-order chi connectivity index (χ0) is 26.7. The van der Waals surface area contributed by atoms with Gasteiger partial charge in [0.15, 0.2) is 5.69 Å². The van der Waals surface area contributed by atoms with Gasteiger partial charge in [0.25, 0.3) is 5.89 Å². The monoisotopic (exact) mass is 528 g/mol. The lowest BCUT2D eigenvalue weighted by Crippen LogP contribution is -2.30. The third-order valence-corrected chi connectivity index (χ3v) is 6.38. The van der Waals surface area contributed by atoms with E-state index in [4.69, 9.17) is 9.26 Å². The molecule has 4 aromatic rings. The quantitative estimate of drug-likeness (QED) is 0.312. The van der Waals surface area contributed by atoms with E-state index in [9.17, 15) is 13.2 Å². The second-order valence-electron chi connectivity index (χ2n) is 9.28. The third kappa shape index (κ3) is 6.31. The van der Waals surface area contributed by atoms with Crippen molar-refractivity contribution in [1.29, 1.82) is 0 Å². The number of hydrogen-bond acceptors (Lipinski definition) is 8. The Morgan fingerprint density at radius 1 is 1.11 bits per heavy atom. The van der Waals surface area contributed by atoms with Gasteiger partial charge in [-0.05, 0) is 73.7 Å². The largest absolute Gasteiger partial charge is 0.573 e. The molecule has 0 amide bonds. The molecular formula is C26H27F3N6O3. The van der Waals surface area contributed by atoms with Crippen molar-refractivity contribution in [2.24, 2.45) is 5.92 Å². The molecule has 200 valence electrons. The number of halogens is 3. The van der Waals surface area contributed by atoms with E-state index in [2.05, 4.69) is 43.0 Å². The molecule has 0 unspecified atom stereocenters. The molecule has 0 N–H and O–H groups in total. The minimum Gasteiger partial charge on any atom is -0.406 e. The highest BCUT2D eigenvalue weighted by molar-refractivity contribution is 5.59. The van der Waals surface area contributed by atoms with E-state index in [0.29, 0.717) is 23.7 Å². The van der Waals surface area contributed by atoms with Crippen molar-refractivity contribution in [2.45, 2.75) is 32.7 Å². The summed E-state index contributed by atoms with van der Waals surface area (Å²) in [7, 11) is 2.06. The van der Waals surface area contributed by atoms with Gasteiger partial charge in [-0.1, -0.05) is 5.16 Å². The Morgan fingerprint density at radius 3 is 2.61 bits per heavy atom. The van der Waals surface area contributed by atoms with Crippen molar-refractivity contribution in [2.75, 3.05) is 31.7 Å². The van der Waals surface area contributed by atoms with Crippen molar-refractivity contribution >= 4 is 5.82 Å². The molecule has 1 aliphatic rings. The molecule has 5 rings (SSSR count). The predicted molar refractivity (Wildman–Crippen MR) is 133 cm³/mol. The number of ether oxygens (including phenoxy) is 2. The lowest BCUT2D eigenvalue weighted by Gasteiger charge is -2.28. The van der Waals surface area contributed by atoms with Crippen LogP contribution in [0, 0.1) is 12.8 Å². The molecule has 3 aromatic heterocycles. The molecule has 0 aliphatic carbocycles. The fourth-order valence-corrected chi connectivity index (χ4v) is 4.38. The average molecular weight is 529 g/mol. The Hall–Kier alpha value is -3.93. The lowest BCUT2D eigenvalue weighted by atomic mass is 10.00. The Balaban J connectivity index is 1.26. The van der Waals surface area contributed by atoms with Gasteiger partial charge < -0.3 is 18.9 Å². The molecule has 4 heterocycles. The summed E-state index contributed by atoms with van der Waals surface area (Å²) in [5.74, 6) is 1.63. The number of hydrogen-bond donors (Lipinski definition) is 0. The molecule has 1 aliphatic heterocycles. The first-order valence-electron chi connectivity index (χ1n) is 12.2. The van der Waals surface area contributed by atoms with Gasteiger partial charge in [-0.3, -0.25) is 4.68 Å². The standard InChI is InChI=1S/C26H27F3N6O3/c1-17-13-22(25-31-24(33-38-25)20-3-5-21(6-4-20)37-26(27,28)29)32-35(17)16-19-7-10-30-23(14-19)34(2)15-18-8-11-36-12-9-18/h3-7,10,13-14,18H,8-9,11-12,15-16H2,1-2H3. The van der Waals surface area contributed by atoms with Gasteiger partial charge in [-0.15, -0.1) is 13.2 Å². The number of pyridine rings is 1. The zero-order valence-electron chi connectivity index (χ0n) is 21.0. The Morgan fingerprint density at radius 2 is 1.87 bits per heavy atom. The normalized spacial score (nSPS) is 14.6. The summed E-state index contributed by atoms with van der Waals surface area (Å²) in [6.45, 7) is 5.04. The van der Waals surface area contributed by atoms with Gasteiger partial charge in [0, 0.05) is 44.3 Å². The zero-order valence-corrected chi connectivity index (χ0v) is 21.0. The van der Waals surface area contributed by atoms with Crippen LogP contribution < -0.4 is 9.64 Å². The number of alkyl halides is 3. The van der Waals surface area contributed by atoms with Crippen LogP contribution in [0.1, 0.15) is 24.1 Å². The lowest BCUT2D eigenvalue weighted by molar-refractivity contribution is -0.274. The number of nitrogens with zero attached hydrogens (tertiary/aromatic N) is 6. The summed E-state index contributed by atoms with van der Waals surface area (Å²) >= 11 is 0. The molecule has 1 fully saturated rings. The van der Waals surface area contributed by atoms with Crippen molar-refractivity contribution in [3.05, 3.63) is 59.9 Å². The van der Waals surface area contributed by atoms with Crippen molar-refractivity contribution in [3.63, 3.8) is 0 Å². The predicted octanol–water partition coefficient (Wildman–Crippen LogP) is 5.11. The molecule has 1 aromatic carbocycles. The highest BCUT2D eigenvalue weighted by Gasteiger charge is 2.31. The van der Waals surface area contributed by atoms with Crippen LogP contribution >= 0.6 is 0 Å². The first kappa shape index (κ1) is 25.7. The molecule has 0 bridgehead atoms. The molecule has 0 radical (unpaired) electrons. The number of anilines is 1. The maximum absolute atomic E-state index is 12.4. The summed E-state index contributed by atoms with van der Waals surface area (Å²) in [6, 6.07) is 11.1. The van der Waals surface area contributed by atoms with Crippen LogP contribution in [0.4, 0.5) is 19.0 Å². The fourth-order valence-electron chi connectivity index (χ4n) is 4.38. The van der Waals surface area contributed by atoms with Crippen LogP contribution in [0.3, 0.4) is 0 Å². The minimum atomic E-state index is -4.75. The second-order valence-corrected chi connectivity index (χ2v) is 9.28. The molecule has 0 spiro atoms. The van der Waals surface area contributed by atoms with E-state index in [1.54, 1.807) is 6.20 Å². The van der Waals surface area contributed by atoms with Gasteiger partial charge in [0.05, 0.1) is 6.54 Å². The molecule has 0 atom stereocenters. The van der Waals surface area contributed by atoms with Crippen molar-refractivity contribution in [1.82, 2.24) is 24.9 Å². The highest BCUT2D eigenvalue weighted by atomic mass is 19.4. The third-order valence-electron chi connectivity index (χ3n) is 6.38. The van der Waals surface area contributed by atoms with E-state index in [-0.39, 0.29) is 17.5 Å². The van der Waals surface area contributed by atoms with Gasteiger partial charge in [-0.2, -0.15) is 10.1 Å². The van der Waals surface area contributed by atoms with Crippen LogP contribution in [0.5, 0.6) is 5.75 Å². The summed E-state index contributed by atoms with van der Waals surface area (Å²) in [4.78, 5) is 11.1. The summed E-state index contributed by atoms with van der Waals surface area (Å²) in [5.41, 5.74) is 2.95. The average Bonchev–Trinajstić information content (AvgIpc) is 3.52. The number of rotatable bonds is 8. The van der Waals surface area contributed by atoms with Gasteiger partial charge in [-0.25, -0.2) is 4.98 Å². The molecule has 38 heavy (non-hydrogen) atoms. The van der Waals surface area contributed by atoms with Gasteiger partial charge in [0.2, 0.25) is 5.82 Å². The first-order valence-corrected chi connectivity index (χ1v) is 12.2. The van der Waals surface area contributed by atoms with E-state index in [1.807, 2.05) is 23.7 Å². The topological polar surface area (TPSA) is 91.3 Å². The van der Waals surface area contributed by atoms with E-state index in [1.165, 1.54) is 24.3 Å². The maximum atomic E-state index is 12.4. The molecule has 0 saturated carbocycles. The Labute approximate surface area is 217 Å². The molecular weight excluding hydrogens is 501 g/mol. The van der Waals surface area contributed by atoms with E-state index in [0.717, 1.165) is 49.7 Å². The van der Waals surface area contributed by atoms with Crippen LogP contribution in [0.25, 0.3) is 23.0 Å². The fraction of sp³-hybridized carbons (Fsp3) is 0.385. The molecule has 1 saturated heterocycles. The summed E-state index contributed by atoms with van der Waals surface area (Å²) in [5, 5.41) is 8.58.